The van der Waals surface area contributed by atoms with E-state index in [4.69, 9.17) is 0 Å². The first-order chi connectivity index (χ1) is 11.5. The first-order valence-electron chi connectivity index (χ1n) is 7.86. The normalized spacial score (nSPS) is 12.4. The molecule has 1 heterocycles. The molecule has 1 N–H and O–H groups in total. The van der Waals surface area contributed by atoms with Crippen molar-refractivity contribution in [1.29, 1.82) is 0 Å². The smallest absolute Gasteiger partial charge is 0.230 e. The highest BCUT2D eigenvalue weighted by Crippen LogP contribution is 2.27. The fraction of sp³-hybridized carbons (Fsp3) is 0.471. The van der Waals surface area contributed by atoms with E-state index in [-0.39, 0.29) is 11.9 Å². The van der Waals surface area contributed by atoms with Gasteiger partial charge in [-0.2, -0.15) is 0 Å². The van der Waals surface area contributed by atoms with Gasteiger partial charge in [0, 0.05) is 0 Å². The van der Waals surface area contributed by atoms with Crippen molar-refractivity contribution in [3.63, 3.8) is 0 Å². The van der Waals surface area contributed by atoms with Crippen LogP contribution in [0.25, 0.3) is 0 Å². The molecule has 1 aromatic carbocycles. The summed E-state index contributed by atoms with van der Waals surface area (Å²) >= 11 is 4.52. The molecule has 2 aromatic rings. The van der Waals surface area contributed by atoms with Crippen LogP contribution in [0.3, 0.4) is 0 Å². The average Bonchev–Trinajstić information content (AvgIpc) is 3.01. The summed E-state index contributed by atoms with van der Waals surface area (Å²) in [6, 6.07) is 8.51. The molecule has 1 amide bonds. The fourth-order valence-electron chi connectivity index (χ4n) is 2.25. The van der Waals surface area contributed by atoms with Crippen LogP contribution in [-0.2, 0) is 11.2 Å². The SMILES string of the molecule is CSc1nnc(SCC(=O)NC(C)c2ccc(CC(C)C)cc2)s1. The first-order valence-corrected chi connectivity index (χ1v) is 10.9. The molecule has 0 saturated heterocycles. The minimum absolute atomic E-state index is 0.00220. The molecule has 0 aliphatic carbocycles. The Labute approximate surface area is 156 Å². The Balaban J connectivity index is 1.82. The molecular weight excluding hydrogens is 358 g/mol. The predicted octanol–water partition coefficient (Wildman–Crippen LogP) is 4.43. The summed E-state index contributed by atoms with van der Waals surface area (Å²) < 4.78 is 1.76. The first kappa shape index (κ1) is 19.3. The minimum atomic E-state index is 0.00220. The van der Waals surface area contributed by atoms with Crippen molar-refractivity contribution in [1.82, 2.24) is 15.5 Å². The Kier molecular flexibility index (Phi) is 7.58. The van der Waals surface area contributed by atoms with E-state index >= 15 is 0 Å². The molecule has 130 valence electrons. The average molecular weight is 382 g/mol. The third-order valence-electron chi connectivity index (χ3n) is 3.39. The van der Waals surface area contributed by atoms with Gasteiger partial charge in [0.15, 0.2) is 8.68 Å². The van der Waals surface area contributed by atoms with Crippen molar-refractivity contribution < 1.29 is 4.79 Å². The summed E-state index contributed by atoms with van der Waals surface area (Å²) in [5.74, 6) is 1.02. The third kappa shape index (κ3) is 6.11. The number of benzene rings is 1. The quantitative estimate of drug-likeness (QED) is 0.686. The number of nitrogens with zero attached hydrogens (tertiary/aromatic N) is 2. The van der Waals surface area contributed by atoms with Gasteiger partial charge in [-0.1, -0.05) is 73.0 Å². The maximum atomic E-state index is 12.1. The number of nitrogens with one attached hydrogen (secondary N) is 1. The Morgan fingerprint density at radius 2 is 1.83 bits per heavy atom. The maximum Gasteiger partial charge on any atom is 0.230 e. The van der Waals surface area contributed by atoms with Crippen LogP contribution >= 0.6 is 34.9 Å². The lowest BCUT2D eigenvalue weighted by molar-refractivity contribution is -0.119. The maximum absolute atomic E-state index is 12.1. The zero-order valence-electron chi connectivity index (χ0n) is 14.4. The molecule has 2 rings (SSSR count). The molecule has 4 nitrogen and oxygen atoms in total. The monoisotopic (exact) mass is 381 g/mol. The summed E-state index contributed by atoms with van der Waals surface area (Å²) in [7, 11) is 0. The van der Waals surface area contributed by atoms with Gasteiger partial charge < -0.3 is 5.32 Å². The van der Waals surface area contributed by atoms with E-state index in [0.29, 0.717) is 11.7 Å². The number of carbonyl (C=O) groups excluding carboxylic acids is 1. The van der Waals surface area contributed by atoms with Crippen LogP contribution in [0.1, 0.15) is 37.9 Å². The van der Waals surface area contributed by atoms with E-state index in [1.165, 1.54) is 28.7 Å². The molecule has 7 heteroatoms. The van der Waals surface area contributed by atoms with Crippen molar-refractivity contribution in [3.8, 4) is 0 Å². The van der Waals surface area contributed by atoms with Gasteiger partial charge in [-0.05, 0) is 36.6 Å². The number of hydrogen-bond donors (Lipinski definition) is 1. The topological polar surface area (TPSA) is 54.9 Å². The van der Waals surface area contributed by atoms with E-state index in [1.54, 1.807) is 11.8 Å². The number of amides is 1. The van der Waals surface area contributed by atoms with Crippen molar-refractivity contribution >= 4 is 40.8 Å². The Morgan fingerprint density at radius 3 is 2.42 bits per heavy atom. The molecule has 1 aromatic heterocycles. The fourth-order valence-corrected chi connectivity index (χ4v) is 4.49. The number of rotatable bonds is 8. The van der Waals surface area contributed by atoms with E-state index < -0.39 is 0 Å². The summed E-state index contributed by atoms with van der Waals surface area (Å²) in [5, 5.41) is 11.1. The molecule has 0 radical (unpaired) electrons. The van der Waals surface area contributed by atoms with Crippen LogP contribution in [0.5, 0.6) is 0 Å². The van der Waals surface area contributed by atoms with Gasteiger partial charge in [-0.3, -0.25) is 4.79 Å². The highest BCUT2D eigenvalue weighted by molar-refractivity contribution is 8.03. The van der Waals surface area contributed by atoms with Crippen LogP contribution in [-0.4, -0.2) is 28.1 Å². The lowest BCUT2D eigenvalue weighted by atomic mass is 10.00. The van der Waals surface area contributed by atoms with Gasteiger partial charge in [0.25, 0.3) is 0 Å². The standard InChI is InChI=1S/C17H23N3OS3/c1-11(2)9-13-5-7-14(8-6-13)12(3)18-15(21)10-23-17-20-19-16(22-4)24-17/h5-8,11-12H,9-10H2,1-4H3,(H,18,21). The molecule has 0 aliphatic rings. The zero-order chi connectivity index (χ0) is 17.5. The molecule has 0 spiro atoms. The predicted molar refractivity (Wildman–Crippen MR) is 104 cm³/mol. The largest absolute Gasteiger partial charge is 0.349 e. The lowest BCUT2D eigenvalue weighted by Crippen LogP contribution is -2.28. The van der Waals surface area contributed by atoms with E-state index in [9.17, 15) is 4.79 Å². The molecule has 0 saturated carbocycles. The van der Waals surface area contributed by atoms with Crippen molar-refractivity contribution in [3.05, 3.63) is 35.4 Å². The summed E-state index contributed by atoms with van der Waals surface area (Å²) in [6.07, 6.45) is 3.05. The number of aromatic nitrogens is 2. The molecule has 1 atom stereocenters. The molecule has 24 heavy (non-hydrogen) atoms. The van der Waals surface area contributed by atoms with Gasteiger partial charge in [0.1, 0.15) is 0 Å². The third-order valence-corrected chi connectivity index (χ3v) is 6.42. The summed E-state index contributed by atoms with van der Waals surface area (Å²) in [4.78, 5) is 12.1. The van der Waals surface area contributed by atoms with Gasteiger partial charge in [0.2, 0.25) is 5.91 Å². The van der Waals surface area contributed by atoms with Crippen LogP contribution in [0.2, 0.25) is 0 Å². The van der Waals surface area contributed by atoms with Crippen LogP contribution < -0.4 is 5.32 Å². The lowest BCUT2D eigenvalue weighted by Gasteiger charge is -2.15. The van der Waals surface area contributed by atoms with Crippen LogP contribution in [0, 0.1) is 5.92 Å². The van der Waals surface area contributed by atoms with Gasteiger partial charge in [0.05, 0.1) is 11.8 Å². The minimum Gasteiger partial charge on any atom is -0.349 e. The number of thioether (sulfide) groups is 2. The highest BCUT2D eigenvalue weighted by Gasteiger charge is 2.12. The van der Waals surface area contributed by atoms with Crippen molar-refractivity contribution in [2.24, 2.45) is 5.92 Å². The van der Waals surface area contributed by atoms with Crippen LogP contribution in [0.4, 0.5) is 0 Å². The van der Waals surface area contributed by atoms with Gasteiger partial charge >= 0.3 is 0 Å². The van der Waals surface area contributed by atoms with Gasteiger partial charge in [-0.15, -0.1) is 10.2 Å². The Bertz CT molecular complexity index is 655. The molecular formula is C17H23N3OS3. The molecule has 0 aliphatic heterocycles. The van der Waals surface area contributed by atoms with E-state index in [2.05, 4.69) is 53.6 Å². The molecule has 0 bridgehead atoms. The second-order valence-corrected chi connectivity index (χ2v) is 9.21. The number of hydrogen-bond acceptors (Lipinski definition) is 6. The van der Waals surface area contributed by atoms with Crippen LogP contribution in [0.15, 0.2) is 32.9 Å². The highest BCUT2D eigenvalue weighted by atomic mass is 32.2. The summed E-state index contributed by atoms with van der Waals surface area (Å²) in [5.41, 5.74) is 2.46. The van der Waals surface area contributed by atoms with Crippen molar-refractivity contribution in [2.75, 3.05) is 12.0 Å². The van der Waals surface area contributed by atoms with E-state index in [1.807, 2.05) is 13.2 Å². The number of carbonyl (C=O) groups is 1. The van der Waals surface area contributed by atoms with E-state index in [0.717, 1.165) is 20.7 Å². The van der Waals surface area contributed by atoms with Gasteiger partial charge in [-0.25, -0.2) is 0 Å². The Hall–Kier alpha value is -1.05. The Morgan fingerprint density at radius 1 is 1.17 bits per heavy atom. The second kappa shape index (κ2) is 9.44. The summed E-state index contributed by atoms with van der Waals surface area (Å²) in [6.45, 7) is 6.44. The van der Waals surface area contributed by atoms with Crippen molar-refractivity contribution in [2.45, 2.75) is 41.9 Å². The molecule has 0 fully saturated rings. The zero-order valence-corrected chi connectivity index (χ0v) is 16.9. The second-order valence-electron chi connectivity index (χ2n) is 5.96. The molecule has 1 unspecified atom stereocenters.